The molecule has 71 valence electrons. The molecule has 1 fully saturated rings. The van der Waals surface area contributed by atoms with Gasteiger partial charge in [0.05, 0.1) is 0 Å². The van der Waals surface area contributed by atoms with Crippen LogP contribution < -0.4 is 10.6 Å². The van der Waals surface area contributed by atoms with Crippen LogP contribution in [0, 0.1) is 0 Å². The third-order valence-corrected chi connectivity index (χ3v) is 2.43. The molecule has 2 nitrogen and oxygen atoms in total. The Hall–Kier alpha value is -0.0800. The highest BCUT2D eigenvalue weighted by molar-refractivity contribution is 4.74. The molecule has 1 atom stereocenters. The molecule has 12 heavy (non-hydrogen) atoms. The van der Waals surface area contributed by atoms with E-state index in [4.69, 9.17) is 0 Å². The lowest BCUT2D eigenvalue weighted by atomic mass is 10.1. The molecule has 0 amide bonds. The van der Waals surface area contributed by atoms with Crippen molar-refractivity contribution in [3.05, 3.63) is 0 Å². The third-order valence-electron chi connectivity index (χ3n) is 2.43. The summed E-state index contributed by atoms with van der Waals surface area (Å²) >= 11 is 0. The Morgan fingerprint density at radius 2 is 2.33 bits per heavy atom. The van der Waals surface area contributed by atoms with E-state index in [9.17, 15) is 0 Å². The largest absolute Gasteiger partial charge is 0.313 e. The summed E-state index contributed by atoms with van der Waals surface area (Å²) < 4.78 is 0. The Morgan fingerprint density at radius 1 is 1.42 bits per heavy atom. The molecule has 0 spiro atoms. The SMILES string of the molecule is CCCCCNC1CCC[N]C1. The third kappa shape index (κ3) is 4.07. The van der Waals surface area contributed by atoms with Crippen molar-refractivity contribution in [1.29, 1.82) is 0 Å². The number of hydrogen-bond donors (Lipinski definition) is 1. The molecule has 0 aromatic rings. The first-order valence-corrected chi connectivity index (χ1v) is 5.30. The Morgan fingerprint density at radius 3 is 3.00 bits per heavy atom. The fourth-order valence-electron chi connectivity index (χ4n) is 1.64. The number of rotatable bonds is 5. The van der Waals surface area contributed by atoms with Gasteiger partial charge in [0.1, 0.15) is 0 Å². The Labute approximate surface area is 76.1 Å². The lowest BCUT2D eigenvalue weighted by molar-refractivity contribution is 0.382. The highest BCUT2D eigenvalue weighted by atomic mass is 15.0. The Balaban J connectivity index is 1.91. The van der Waals surface area contributed by atoms with Crippen LogP contribution in [0.5, 0.6) is 0 Å². The summed E-state index contributed by atoms with van der Waals surface area (Å²) in [7, 11) is 0. The molecule has 1 N–H and O–H groups in total. The number of piperidine rings is 1. The summed E-state index contributed by atoms with van der Waals surface area (Å²) in [5, 5.41) is 7.96. The molecule has 1 aliphatic heterocycles. The normalized spacial score (nSPS) is 24.2. The molecule has 1 unspecified atom stereocenters. The lowest BCUT2D eigenvalue weighted by Gasteiger charge is -2.22. The van der Waals surface area contributed by atoms with Gasteiger partial charge in [0.2, 0.25) is 0 Å². The first kappa shape index (κ1) is 10.0. The van der Waals surface area contributed by atoms with Crippen molar-refractivity contribution in [2.45, 2.75) is 45.1 Å². The Bertz CT molecular complexity index is 98.0. The summed E-state index contributed by atoms with van der Waals surface area (Å²) in [5.41, 5.74) is 0. The van der Waals surface area contributed by atoms with Gasteiger partial charge >= 0.3 is 0 Å². The monoisotopic (exact) mass is 169 g/mol. The molecule has 0 aliphatic carbocycles. The van der Waals surface area contributed by atoms with E-state index in [-0.39, 0.29) is 0 Å². The average Bonchev–Trinajstić information content (AvgIpc) is 2.14. The predicted octanol–water partition coefficient (Wildman–Crippen LogP) is 1.53. The molecule has 2 heteroatoms. The highest BCUT2D eigenvalue weighted by Crippen LogP contribution is 2.02. The number of hydrogen-bond acceptors (Lipinski definition) is 1. The minimum Gasteiger partial charge on any atom is -0.313 e. The zero-order valence-corrected chi connectivity index (χ0v) is 8.18. The van der Waals surface area contributed by atoms with Crippen molar-refractivity contribution in [2.24, 2.45) is 0 Å². The van der Waals surface area contributed by atoms with Crippen molar-refractivity contribution < 1.29 is 0 Å². The zero-order valence-electron chi connectivity index (χ0n) is 8.18. The Kier molecular flexibility index (Phi) is 5.37. The maximum absolute atomic E-state index is 4.39. The smallest absolute Gasteiger partial charge is 0.0287 e. The van der Waals surface area contributed by atoms with E-state index in [1.165, 1.54) is 38.6 Å². The van der Waals surface area contributed by atoms with Crippen molar-refractivity contribution in [1.82, 2.24) is 10.6 Å². The maximum Gasteiger partial charge on any atom is 0.0287 e. The molecule has 0 saturated carbocycles. The van der Waals surface area contributed by atoms with Crippen molar-refractivity contribution >= 4 is 0 Å². The molecule has 0 aromatic heterocycles. The van der Waals surface area contributed by atoms with Crippen LogP contribution in [0.3, 0.4) is 0 Å². The van der Waals surface area contributed by atoms with Crippen LogP contribution >= 0.6 is 0 Å². The highest BCUT2D eigenvalue weighted by Gasteiger charge is 2.11. The van der Waals surface area contributed by atoms with Gasteiger partial charge in [-0.15, -0.1) is 0 Å². The van der Waals surface area contributed by atoms with Gasteiger partial charge in [-0.1, -0.05) is 19.8 Å². The quantitative estimate of drug-likeness (QED) is 0.621. The second kappa shape index (κ2) is 6.44. The van der Waals surface area contributed by atoms with Crippen LogP contribution in [0.15, 0.2) is 0 Å². The average molecular weight is 169 g/mol. The molecular formula is C10H21N2. The van der Waals surface area contributed by atoms with Crippen LogP contribution in [0.2, 0.25) is 0 Å². The maximum atomic E-state index is 4.39. The fourth-order valence-corrected chi connectivity index (χ4v) is 1.64. The van der Waals surface area contributed by atoms with E-state index >= 15 is 0 Å². The van der Waals surface area contributed by atoms with Gasteiger partial charge in [-0.2, -0.15) is 0 Å². The number of nitrogens with zero attached hydrogens (tertiary/aromatic N) is 1. The fraction of sp³-hybridized carbons (Fsp3) is 1.00. The molecular weight excluding hydrogens is 148 g/mol. The molecule has 0 bridgehead atoms. The summed E-state index contributed by atoms with van der Waals surface area (Å²) in [6.45, 7) is 5.57. The van der Waals surface area contributed by atoms with Crippen LogP contribution in [0.25, 0.3) is 0 Å². The van der Waals surface area contributed by atoms with Gasteiger partial charge in [0, 0.05) is 19.1 Å². The second-order valence-electron chi connectivity index (χ2n) is 3.63. The van der Waals surface area contributed by atoms with Gasteiger partial charge in [-0.25, -0.2) is 5.32 Å². The lowest BCUT2D eigenvalue weighted by Crippen LogP contribution is -2.40. The second-order valence-corrected chi connectivity index (χ2v) is 3.63. The minimum absolute atomic E-state index is 0.690. The topological polar surface area (TPSA) is 26.1 Å². The van der Waals surface area contributed by atoms with Gasteiger partial charge in [0.25, 0.3) is 0 Å². The van der Waals surface area contributed by atoms with Crippen molar-refractivity contribution in [3.8, 4) is 0 Å². The van der Waals surface area contributed by atoms with Crippen molar-refractivity contribution in [2.75, 3.05) is 19.6 Å². The first-order chi connectivity index (χ1) is 5.93. The van der Waals surface area contributed by atoms with Gasteiger partial charge in [-0.3, -0.25) is 0 Å². The van der Waals surface area contributed by atoms with Crippen LogP contribution in [-0.2, 0) is 0 Å². The summed E-state index contributed by atoms with van der Waals surface area (Å²) in [6.07, 6.45) is 6.61. The van der Waals surface area contributed by atoms with E-state index in [2.05, 4.69) is 17.6 Å². The molecule has 1 heterocycles. The summed E-state index contributed by atoms with van der Waals surface area (Å²) in [6, 6.07) is 0.690. The summed E-state index contributed by atoms with van der Waals surface area (Å²) in [5.74, 6) is 0. The van der Waals surface area contributed by atoms with E-state index in [0.717, 1.165) is 13.1 Å². The van der Waals surface area contributed by atoms with Crippen LogP contribution in [0.4, 0.5) is 0 Å². The van der Waals surface area contributed by atoms with Gasteiger partial charge in [-0.05, 0) is 25.8 Å². The first-order valence-electron chi connectivity index (χ1n) is 5.30. The van der Waals surface area contributed by atoms with Gasteiger partial charge in [0.15, 0.2) is 0 Å². The molecule has 1 aliphatic rings. The van der Waals surface area contributed by atoms with Crippen LogP contribution in [-0.4, -0.2) is 25.7 Å². The molecule has 1 rings (SSSR count). The zero-order chi connectivity index (χ0) is 8.65. The van der Waals surface area contributed by atoms with Crippen LogP contribution in [0.1, 0.15) is 39.0 Å². The molecule has 1 radical (unpaired) electrons. The number of nitrogens with one attached hydrogen (secondary N) is 1. The van der Waals surface area contributed by atoms with E-state index in [0.29, 0.717) is 6.04 Å². The van der Waals surface area contributed by atoms with Crippen molar-refractivity contribution in [3.63, 3.8) is 0 Å². The molecule has 1 saturated heterocycles. The van der Waals surface area contributed by atoms with E-state index < -0.39 is 0 Å². The van der Waals surface area contributed by atoms with Gasteiger partial charge < -0.3 is 5.32 Å². The number of unbranched alkanes of at least 4 members (excludes halogenated alkanes) is 2. The van der Waals surface area contributed by atoms with E-state index in [1.807, 2.05) is 0 Å². The molecule has 0 aromatic carbocycles. The predicted molar refractivity (Wildman–Crippen MR) is 52.4 cm³/mol. The van der Waals surface area contributed by atoms with E-state index in [1.54, 1.807) is 0 Å². The standard InChI is InChI=1S/C10H21N2/c1-2-3-4-8-12-10-6-5-7-11-9-10/h10,12H,2-9H2,1H3. The minimum atomic E-state index is 0.690. The summed E-state index contributed by atoms with van der Waals surface area (Å²) in [4.78, 5) is 0.